The lowest BCUT2D eigenvalue weighted by Crippen LogP contribution is -2.52. The number of imide groups is 1. The van der Waals surface area contributed by atoms with Crippen LogP contribution in [-0.4, -0.2) is 116 Å². The summed E-state index contributed by atoms with van der Waals surface area (Å²) in [6.07, 6.45) is 8.47. The fourth-order valence-corrected chi connectivity index (χ4v) is 8.96. The van der Waals surface area contributed by atoms with Gasteiger partial charge in [0.1, 0.15) is 17.7 Å². The monoisotopic (exact) mass is 804 g/mol. The van der Waals surface area contributed by atoms with Crippen LogP contribution in [0.4, 0.5) is 22.1 Å². The molecule has 1 unspecified atom stereocenters. The molecule has 2 aromatic heterocycles. The number of fused-ring (bicyclic) bond motifs is 2. The van der Waals surface area contributed by atoms with E-state index in [0.29, 0.717) is 38.2 Å². The number of hydrogen-bond donors (Lipinski definition) is 4. The van der Waals surface area contributed by atoms with Gasteiger partial charge in [-0.3, -0.25) is 24.6 Å². The van der Waals surface area contributed by atoms with Crippen molar-refractivity contribution in [2.24, 2.45) is 0 Å². The van der Waals surface area contributed by atoms with Crippen LogP contribution in [0.5, 0.6) is 0 Å². The van der Waals surface area contributed by atoms with E-state index in [2.05, 4.69) is 50.8 Å². The number of piperidine rings is 1. The Kier molecular flexibility index (Phi) is 12.1. The Morgan fingerprint density at radius 1 is 0.966 bits per heavy atom. The number of aryl methyl sites for hydroxylation is 1. The van der Waals surface area contributed by atoms with E-state index in [4.69, 9.17) is 4.98 Å². The Hall–Kier alpha value is -5.54. The predicted octanol–water partition coefficient (Wildman–Crippen LogP) is 4.75. The van der Waals surface area contributed by atoms with Gasteiger partial charge in [-0.25, -0.2) is 9.78 Å². The van der Waals surface area contributed by atoms with Gasteiger partial charge in [0.05, 0.1) is 18.8 Å². The van der Waals surface area contributed by atoms with E-state index in [1.54, 1.807) is 4.90 Å². The second kappa shape index (κ2) is 17.8. The summed E-state index contributed by atoms with van der Waals surface area (Å²) in [5.74, 6) is 1.17. The molecular formula is C44H56N10O5. The summed E-state index contributed by atoms with van der Waals surface area (Å²) in [6.45, 7) is 10.2. The normalized spacial score (nSPS) is 19.9. The number of hydrogen-bond acceptors (Lipinski definition) is 10. The molecule has 3 fully saturated rings. The second-order valence-corrected chi connectivity index (χ2v) is 16.6. The van der Waals surface area contributed by atoms with E-state index in [-0.39, 0.29) is 48.7 Å². The van der Waals surface area contributed by atoms with Crippen molar-refractivity contribution < 1.29 is 24.3 Å². The van der Waals surface area contributed by atoms with Crippen LogP contribution < -0.4 is 20.9 Å². The van der Waals surface area contributed by atoms with Crippen LogP contribution in [-0.2, 0) is 29.1 Å². The maximum atomic E-state index is 13.2. The highest BCUT2D eigenvalue weighted by Crippen LogP contribution is 2.32. The third kappa shape index (κ3) is 8.76. The van der Waals surface area contributed by atoms with Crippen LogP contribution in [0.15, 0.2) is 54.7 Å². The molecular weight excluding hydrogens is 749 g/mol. The van der Waals surface area contributed by atoms with Crippen molar-refractivity contribution in [3.8, 4) is 0 Å². The number of anilines is 3. The molecule has 2 atom stereocenters. The predicted molar refractivity (Wildman–Crippen MR) is 225 cm³/mol. The van der Waals surface area contributed by atoms with Crippen LogP contribution in [0.25, 0.3) is 5.65 Å². The number of carbonyl (C=O) groups is 4. The van der Waals surface area contributed by atoms with E-state index >= 15 is 0 Å². The van der Waals surface area contributed by atoms with Gasteiger partial charge in [0, 0.05) is 75.1 Å². The maximum absolute atomic E-state index is 13.2. The molecule has 4 N–H and O–H groups in total. The minimum absolute atomic E-state index is 0.0692. The number of benzene rings is 2. The first kappa shape index (κ1) is 40.2. The Morgan fingerprint density at radius 2 is 1.78 bits per heavy atom. The number of rotatable bonds is 14. The van der Waals surface area contributed by atoms with Gasteiger partial charge in [-0.2, -0.15) is 9.61 Å². The fraction of sp³-hybridized carbons (Fsp3) is 0.500. The second-order valence-electron chi connectivity index (χ2n) is 16.6. The lowest BCUT2D eigenvalue weighted by atomic mass is 9.98. The van der Waals surface area contributed by atoms with Crippen molar-refractivity contribution in [3.05, 3.63) is 82.5 Å². The average Bonchev–Trinajstić information content (AvgIpc) is 3.98. The molecule has 15 heteroatoms. The zero-order chi connectivity index (χ0) is 41.0. The van der Waals surface area contributed by atoms with E-state index in [1.165, 1.54) is 0 Å². The van der Waals surface area contributed by atoms with Crippen LogP contribution >= 0.6 is 0 Å². The van der Waals surface area contributed by atoms with Gasteiger partial charge < -0.3 is 30.4 Å². The van der Waals surface area contributed by atoms with Crippen molar-refractivity contribution in [1.82, 2.24) is 34.6 Å². The van der Waals surface area contributed by atoms with Gasteiger partial charge in [0.2, 0.25) is 11.8 Å². The molecule has 15 nitrogen and oxygen atoms in total. The number of aliphatic hydroxyl groups excluding tert-OH is 1. The topological polar surface area (TPSA) is 168 Å². The third-order valence-electron chi connectivity index (χ3n) is 12.4. The first-order valence-corrected chi connectivity index (χ1v) is 21.3. The van der Waals surface area contributed by atoms with E-state index in [0.717, 1.165) is 110 Å². The number of aliphatic hydroxyl groups is 1. The van der Waals surface area contributed by atoms with Crippen molar-refractivity contribution in [2.75, 3.05) is 61.4 Å². The fourth-order valence-electron chi connectivity index (χ4n) is 8.96. The lowest BCUT2D eigenvalue weighted by Gasteiger charge is -2.34. The number of aromatic nitrogens is 3. The zero-order valence-corrected chi connectivity index (χ0v) is 34.2. The van der Waals surface area contributed by atoms with Gasteiger partial charge in [0.25, 0.3) is 5.91 Å². The Labute approximate surface area is 345 Å². The lowest BCUT2D eigenvalue weighted by molar-refractivity contribution is -0.136. The highest BCUT2D eigenvalue weighted by molar-refractivity contribution is 6.05. The molecule has 0 saturated carbocycles. The van der Waals surface area contributed by atoms with Gasteiger partial charge in [-0.1, -0.05) is 44.5 Å². The number of piperazine rings is 1. The highest BCUT2D eigenvalue weighted by Gasteiger charge is 2.39. The van der Waals surface area contributed by atoms with Gasteiger partial charge in [0.15, 0.2) is 5.65 Å². The summed E-state index contributed by atoms with van der Waals surface area (Å²) in [5, 5.41) is 23.7. The molecule has 6 heterocycles. The van der Waals surface area contributed by atoms with E-state index < -0.39 is 6.04 Å². The summed E-state index contributed by atoms with van der Waals surface area (Å²) in [4.78, 5) is 63.6. The molecule has 0 spiro atoms. The standard InChI is InChI=1S/C44H56N10O5/c1-29(2)35-26-46-54-38(24-39(48-41(35)54)52-19-7-10-33(52)28-55)45-25-30-12-14-32(15-13-30)47-44(59)51-22-20-50(21-23-51)18-5-3-4-8-31-9-6-11-34-36(31)27-53(43(34)58)37-16-17-40(56)49-42(37)57/h6,9,11-15,24,26,29,33,37,45,55H,3-5,7-8,10,16-23,25,27-28H2,1-2H3,(H,47,59)(H,49,56,57)/t33-,37?/m0/s1. The summed E-state index contributed by atoms with van der Waals surface area (Å²) >= 11 is 0. The van der Waals surface area contributed by atoms with Crippen LogP contribution in [0.1, 0.15) is 97.3 Å². The largest absolute Gasteiger partial charge is 0.394 e. The van der Waals surface area contributed by atoms with Crippen molar-refractivity contribution in [1.29, 1.82) is 0 Å². The van der Waals surface area contributed by atoms with E-state index in [9.17, 15) is 24.3 Å². The quantitative estimate of drug-likeness (QED) is 0.103. The van der Waals surface area contributed by atoms with E-state index in [1.807, 2.05) is 58.1 Å². The van der Waals surface area contributed by atoms with Gasteiger partial charge in [-0.05, 0) is 85.9 Å². The minimum Gasteiger partial charge on any atom is -0.394 e. The van der Waals surface area contributed by atoms with Crippen LogP contribution in [0.3, 0.4) is 0 Å². The first-order chi connectivity index (χ1) is 28.7. The summed E-state index contributed by atoms with van der Waals surface area (Å²) in [6, 6.07) is 15.2. The summed E-state index contributed by atoms with van der Waals surface area (Å²) in [7, 11) is 0. The molecule has 3 saturated heterocycles. The highest BCUT2D eigenvalue weighted by atomic mass is 16.3. The molecule has 4 aliphatic heterocycles. The molecule has 8 rings (SSSR count). The number of amides is 5. The molecule has 2 aromatic carbocycles. The molecule has 0 aliphatic carbocycles. The van der Waals surface area contributed by atoms with Crippen molar-refractivity contribution in [2.45, 2.75) is 96.3 Å². The van der Waals surface area contributed by atoms with Gasteiger partial charge >= 0.3 is 6.03 Å². The number of nitrogens with one attached hydrogen (secondary N) is 3. The van der Waals surface area contributed by atoms with Crippen molar-refractivity contribution in [3.63, 3.8) is 0 Å². The molecule has 4 aromatic rings. The molecule has 5 amide bonds. The SMILES string of the molecule is CC(C)c1cnn2c(NCc3ccc(NC(=O)N4CCN(CCCCCc5cccc6c5CN(C5CCC(=O)NC5=O)C6=O)CC4)cc3)cc(N3CCC[C@H]3CO)nc12. The van der Waals surface area contributed by atoms with Crippen molar-refractivity contribution >= 4 is 46.7 Å². The Morgan fingerprint density at radius 3 is 2.54 bits per heavy atom. The number of carbonyl (C=O) groups excluding carboxylic acids is 4. The molecule has 4 aliphatic rings. The smallest absolute Gasteiger partial charge is 0.321 e. The van der Waals surface area contributed by atoms with Gasteiger partial charge in [-0.15, -0.1) is 0 Å². The molecule has 312 valence electrons. The number of nitrogens with zero attached hydrogens (tertiary/aromatic N) is 7. The molecule has 59 heavy (non-hydrogen) atoms. The maximum Gasteiger partial charge on any atom is 0.321 e. The average molecular weight is 805 g/mol. The minimum atomic E-state index is -0.600. The summed E-state index contributed by atoms with van der Waals surface area (Å²) < 4.78 is 1.86. The number of urea groups is 1. The van der Waals surface area contributed by atoms with Crippen LogP contribution in [0.2, 0.25) is 0 Å². The summed E-state index contributed by atoms with van der Waals surface area (Å²) in [5.41, 5.74) is 6.56. The molecule has 0 radical (unpaired) electrons. The Bertz CT molecular complexity index is 2180. The Balaban J connectivity index is 0.766. The number of unbranched alkanes of at least 4 members (excludes halogenated alkanes) is 2. The van der Waals surface area contributed by atoms with Crippen LogP contribution in [0, 0.1) is 0 Å². The first-order valence-electron chi connectivity index (χ1n) is 21.3. The molecule has 0 bridgehead atoms. The zero-order valence-electron chi connectivity index (χ0n) is 34.2. The third-order valence-corrected chi connectivity index (χ3v) is 12.4.